The van der Waals surface area contributed by atoms with Crippen molar-refractivity contribution in [2.24, 2.45) is 0 Å². The van der Waals surface area contributed by atoms with Crippen molar-refractivity contribution in [1.29, 1.82) is 0 Å². The number of benzene rings is 1. The molecule has 22 heavy (non-hydrogen) atoms. The van der Waals surface area contributed by atoms with E-state index in [4.69, 9.17) is 4.74 Å². The molecule has 0 fully saturated rings. The number of ether oxygens (including phenoxy) is 1. The maximum atomic E-state index is 11.9. The highest BCUT2D eigenvalue weighted by atomic mass is 32.1. The number of aryl methyl sites for hydroxylation is 1. The summed E-state index contributed by atoms with van der Waals surface area (Å²) in [4.78, 5) is 16.1. The predicted molar refractivity (Wildman–Crippen MR) is 88.3 cm³/mol. The van der Waals surface area contributed by atoms with E-state index in [0.717, 1.165) is 16.3 Å². The molecule has 0 aliphatic rings. The van der Waals surface area contributed by atoms with E-state index in [0.29, 0.717) is 6.61 Å². The third-order valence-corrected chi connectivity index (χ3v) is 3.99. The van der Waals surface area contributed by atoms with E-state index < -0.39 is 0 Å². The number of nitrogens with one attached hydrogen (secondary N) is 2. The smallest absolute Gasteiger partial charge is 0.315 e. The fraction of sp³-hybridized carbons (Fsp3) is 0.375. The quantitative estimate of drug-likeness (QED) is 0.859. The summed E-state index contributed by atoms with van der Waals surface area (Å²) in [5, 5.41) is 8.50. The molecular weight excluding hydrogens is 298 g/mol. The minimum absolute atomic E-state index is 0.0935. The molecule has 2 aromatic rings. The van der Waals surface area contributed by atoms with Crippen LogP contribution in [0, 0.1) is 6.92 Å². The normalized spacial score (nSPS) is 13.2. The number of amides is 2. The van der Waals surface area contributed by atoms with Crippen molar-refractivity contribution in [3.8, 4) is 5.75 Å². The highest BCUT2D eigenvalue weighted by Crippen LogP contribution is 2.14. The molecule has 0 aliphatic heterocycles. The lowest BCUT2D eigenvalue weighted by Gasteiger charge is -2.17. The van der Waals surface area contributed by atoms with Crippen molar-refractivity contribution in [3.63, 3.8) is 0 Å². The first-order valence-electron chi connectivity index (χ1n) is 7.20. The lowest BCUT2D eigenvalue weighted by atomic mass is 10.2. The summed E-state index contributed by atoms with van der Waals surface area (Å²) in [7, 11) is 0. The number of nitrogens with zero attached hydrogens (tertiary/aromatic N) is 1. The van der Waals surface area contributed by atoms with Gasteiger partial charge in [-0.15, -0.1) is 11.3 Å². The Hall–Kier alpha value is -2.08. The third-order valence-electron chi connectivity index (χ3n) is 3.04. The first kappa shape index (κ1) is 16.3. The Morgan fingerprint density at radius 1 is 1.36 bits per heavy atom. The molecule has 1 heterocycles. The largest absolute Gasteiger partial charge is 0.491 e. The SMILES string of the molecule is Cc1cccc(OC[C@@H](C)NC(=O)N[C@H](C)c2nccs2)c1. The molecular formula is C16H21N3O2S. The summed E-state index contributed by atoms with van der Waals surface area (Å²) >= 11 is 1.52. The molecule has 2 N–H and O–H groups in total. The topological polar surface area (TPSA) is 63.2 Å². The van der Waals surface area contributed by atoms with Gasteiger partial charge in [0.2, 0.25) is 0 Å². The Labute approximate surface area is 134 Å². The fourth-order valence-electron chi connectivity index (χ4n) is 1.94. The summed E-state index contributed by atoms with van der Waals surface area (Å²) in [6.45, 7) is 6.25. The second-order valence-corrected chi connectivity index (χ2v) is 6.16. The number of urea groups is 1. The van der Waals surface area contributed by atoms with Gasteiger partial charge in [-0.05, 0) is 38.5 Å². The summed E-state index contributed by atoms with van der Waals surface area (Å²) in [5.74, 6) is 0.810. The maximum absolute atomic E-state index is 11.9. The molecule has 0 unspecified atom stereocenters. The molecule has 2 amide bonds. The zero-order valence-electron chi connectivity index (χ0n) is 13.0. The van der Waals surface area contributed by atoms with Crippen molar-refractivity contribution in [3.05, 3.63) is 46.4 Å². The van der Waals surface area contributed by atoms with Gasteiger partial charge in [0, 0.05) is 11.6 Å². The maximum Gasteiger partial charge on any atom is 0.315 e. The molecule has 2 atom stereocenters. The van der Waals surface area contributed by atoms with Crippen LogP contribution in [0.2, 0.25) is 0 Å². The van der Waals surface area contributed by atoms with E-state index in [1.165, 1.54) is 11.3 Å². The number of hydrogen-bond donors (Lipinski definition) is 2. The Morgan fingerprint density at radius 2 is 2.18 bits per heavy atom. The van der Waals surface area contributed by atoms with Crippen molar-refractivity contribution in [2.45, 2.75) is 32.9 Å². The monoisotopic (exact) mass is 319 g/mol. The van der Waals surface area contributed by atoms with Gasteiger partial charge in [-0.3, -0.25) is 0 Å². The first-order valence-corrected chi connectivity index (χ1v) is 8.08. The Kier molecular flexibility index (Phi) is 5.77. The van der Waals surface area contributed by atoms with Gasteiger partial charge in [-0.25, -0.2) is 9.78 Å². The van der Waals surface area contributed by atoms with Crippen LogP contribution in [-0.2, 0) is 0 Å². The minimum Gasteiger partial charge on any atom is -0.491 e. The van der Waals surface area contributed by atoms with Gasteiger partial charge in [0.15, 0.2) is 0 Å². The molecule has 118 valence electrons. The highest BCUT2D eigenvalue weighted by Gasteiger charge is 2.13. The average molecular weight is 319 g/mol. The lowest BCUT2D eigenvalue weighted by molar-refractivity contribution is 0.224. The van der Waals surface area contributed by atoms with Crippen LogP contribution in [0.25, 0.3) is 0 Å². The molecule has 2 rings (SSSR count). The molecule has 5 nitrogen and oxygen atoms in total. The summed E-state index contributed by atoms with van der Waals surface area (Å²) in [6, 6.07) is 7.42. The number of rotatable bonds is 6. The molecule has 0 radical (unpaired) electrons. The van der Waals surface area contributed by atoms with E-state index in [1.807, 2.05) is 50.4 Å². The Balaban J connectivity index is 1.74. The van der Waals surface area contributed by atoms with Crippen molar-refractivity contribution < 1.29 is 9.53 Å². The zero-order valence-corrected chi connectivity index (χ0v) is 13.8. The molecule has 0 spiro atoms. The number of aromatic nitrogens is 1. The summed E-state index contributed by atoms with van der Waals surface area (Å²) < 4.78 is 5.67. The second kappa shape index (κ2) is 7.79. The number of hydrogen-bond acceptors (Lipinski definition) is 4. The molecule has 0 saturated carbocycles. The van der Waals surface area contributed by atoms with E-state index >= 15 is 0 Å². The van der Waals surface area contributed by atoms with Crippen molar-refractivity contribution in [1.82, 2.24) is 15.6 Å². The van der Waals surface area contributed by atoms with Gasteiger partial charge < -0.3 is 15.4 Å². The first-order chi connectivity index (χ1) is 10.5. The van der Waals surface area contributed by atoms with Crippen molar-refractivity contribution in [2.75, 3.05) is 6.61 Å². The van der Waals surface area contributed by atoms with Gasteiger partial charge >= 0.3 is 6.03 Å². The van der Waals surface area contributed by atoms with Crippen LogP contribution in [0.3, 0.4) is 0 Å². The van der Waals surface area contributed by atoms with Crippen molar-refractivity contribution >= 4 is 17.4 Å². The van der Waals surface area contributed by atoms with Crippen LogP contribution in [0.15, 0.2) is 35.8 Å². The Bertz CT molecular complexity index is 601. The van der Waals surface area contributed by atoms with E-state index in [9.17, 15) is 4.79 Å². The van der Waals surface area contributed by atoms with E-state index in [1.54, 1.807) is 6.20 Å². The van der Waals surface area contributed by atoms with Crippen LogP contribution in [-0.4, -0.2) is 23.7 Å². The highest BCUT2D eigenvalue weighted by molar-refractivity contribution is 7.09. The van der Waals surface area contributed by atoms with Crippen LogP contribution in [0.5, 0.6) is 5.75 Å². The van der Waals surface area contributed by atoms with Crippen LogP contribution in [0.4, 0.5) is 4.79 Å². The minimum atomic E-state index is -0.219. The average Bonchev–Trinajstić information content (AvgIpc) is 2.99. The van der Waals surface area contributed by atoms with Crippen LogP contribution < -0.4 is 15.4 Å². The van der Waals surface area contributed by atoms with Gasteiger partial charge in [-0.2, -0.15) is 0 Å². The fourth-order valence-corrected chi connectivity index (χ4v) is 2.59. The van der Waals surface area contributed by atoms with E-state index in [-0.39, 0.29) is 18.1 Å². The zero-order chi connectivity index (χ0) is 15.9. The van der Waals surface area contributed by atoms with Gasteiger partial charge in [0.05, 0.1) is 12.1 Å². The van der Waals surface area contributed by atoms with Gasteiger partial charge in [0.1, 0.15) is 17.4 Å². The predicted octanol–water partition coefficient (Wildman–Crippen LogP) is 3.28. The molecule has 6 heteroatoms. The standard InChI is InChI=1S/C16H21N3O2S/c1-11-5-4-6-14(9-11)21-10-12(2)18-16(20)19-13(3)15-17-7-8-22-15/h4-9,12-13H,10H2,1-3H3,(H2,18,19,20)/t12-,13-/m1/s1. The van der Waals surface area contributed by atoms with Gasteiger partial charge in [0.25, 0.3) is 0 Å². The van der Waals surface area contributed by atoms with Gasteiger partial charge in [-0.1, -0.05) is 12.1 Å². The molecule has 1 aromatic carbocycles. The lowest BCUT2D eigenvalue weighted by Crippen LogP contribution is -2.44. The third kappa shape index (κ3) is 5.04. The molecule has 1 aromatic heterocycles. The van der Waals surface area contributed by atoms with Crippen LogP contribution in [0.1, 0.15) is 30.5 Å². The number of carbonyl (C=O) groups excluding carboxylic acids is 1. The Morgan fingerprint density at radius 3 is 2.86 bits per heavy atom. The summed E-state index contributed by atoms with van der Waals surface area (Å²) in [5.41, 5.74) is 1.15. The molecule has 0 saturated heterocycles. The number of carbonyl (C=O) groups is 1. The molecule has 0 aliphatic carbocycles. The van der Waals surface area contributed by atoms with Crippen LogP contribution >= 0.6 is 11.3 Å². The van der Waals surface area contributed by atoms with E-state index in [2.05, 4.69) is 15.6 Å². The summed E-state index contributed by atoms with van der Waals surface area (Å²) in [6.07, 6.45) is 1.73. The second-order valence-electron chi connectivity index (χ2n) is 5.24. The number of thiazole rings is 1. The molecule has 0 bridgehead atoms.